The molecule has 22 heavy (non-hydrogen) atoms. The monoisotopic (exact) mass is 316 g/mol. The van der Waals surface area contributed by atoms with Gasteiger partial charge in [-0.3, -0.25) is 15.1 Å². The molecule has 0 saturated carbocycles. The number of carbonyl (C=O) groups is 1. The second-order valence-electron chi connectivity index (χ2n) is 5.29. The second kappa shape index (κ2) is 6.52. The highest BCUT2D eigenvalue weighted by Crippen LogP contribution is 2.22. The van der Waals surface area contributed by atoms with Gasteiger partial charge in [-0.15, -0.1) is 5.10 Å². The second-order valence-corrected chi connectivity index (χ2v) is 6.37. The van der Waals surface area contributed by atoms with E-state index in [-0.39, 0.29) is 12.1 Å². The van der Waals surface area contributed by atoms with Crippen molar-refractivity contribution in [2.24, 2.45) is 10.1 Å². The number of benzene rings is 1. The van der Waals surface area contributed by atoms with E-state index in [1.54, 1.807) is 16.8 Å². The number of hydrogen-bond acceptors (Lipinski definition) is 5. The third kappa shape index (κ3) is 2.75. The quantitative estimate of drug-likeness (QED) is 0.854. The molecular formula is C16H20N4OS. The minimum atomic E-state index is -0.113. The average molecular weight is 316 g/mol. The number of amides is 1. The largest absolute Gasteiger partial charge is 0.298 e. The number of carbonyl (C=O) groups excluding carboxylic acids is 1. The Bertz CT molecular complexity index is 728. The molecule has 0 bridgehead atoms. The number of unbranched alkanes of at least 4 members (excludes halogenated alkanes) is 1. The lowest BCUT2D eigenvalue weighted by Crippen LogP contribution is -2.52. The third-order valence-electron chi connectivity index (χ3n) is 3.69. The molecule has 116 valence electrons. The van der Waals surface area contributed by atoms with Crippen LogP contribution < -0.4 is 15.9 Å². The Labute approximate surface area is 134 Å². The molecule has 1 aromatic carbocycles. The Balaban J connectivity index is 2.03. The van der Waals surface area contributed by atoms with Gasteiger partial charge in [0, 0.05) is 11.0 Å². The molecule has 2 aliphatic heterocycles. The summed E-state index contributed by atoms with van der Waals surface area (Å²) in [5, 5.41) is 11.7. The molecule has 1 N–H and O–H groups in total. The lowest BCUT2D eigenvalue weighted by Gasteiger charge is -2.33. The first-order chi connectivity index (χ1) is 10.7. The normalized spacial score (nSPS) is 19.8. The van der Waals surface area contributed by atoms with E-state index in [9.17, 15) is 4.79 Å². The van der Waals surface area contributed by atoms with Gasteiger partial charge >= 0.3 is 0 Å². The van der Waals surface area contributed by atoms with Crippen molar-refractivity contribution in [3.05, 3.63) is 34.8 Å². The molecule has 5 nitrogen and oxygen atoms in total. The molecule has 3 rings (SSSR count). The van der Waals surface area contributed by atoms with Crippen LogP contribution >= 0.6 is 11.8 Å². The van der Waals surface area contributed by atoms with Gasteiger partial charge in [0.25, 0.3) is 5.91 Å². The van der Waals surface area contributed by atoms with E-state index in [4.69, 9.17) is 4.99 Å². The maximum Gasteiger partial charge on any atom is 0.276 e. The van der Waals surface area contributed by atoms with Gasteiger partial charge in [0.15, 0.2) is 5.17 Å². The summed E-state index contributed by atoms with van der Waals surface area (Å²) in [6.45, 7) is 4.22. The summed E-state index contributed by atoms with van der Waals surface area (Å²) in [7, 11) is 0. The predicted octanol–water partition coefficient (Wildman–Crippen LogP) is 1.40. The van der Waals surface area contributed by atoms with Crippen LogP contribution in [0.1, 0.15) is 33.1 Å². The van der Waals surface area contributed by atoms with Crippen LogP contribution in [0.3, 0.4) is 0 Å². The van der Waals surface area contributed by atoms with E-state index in [1.807, 2.05) is 24.3 Å². The van der Waals surface area contributed by atoms with Crippen LogP contribution in [0, 0.1) is 0 Å². The fourth-order valence-corrected chi connectivity index (χ4v) is 3.48. The van der Waals surface area contributed by atoms with Crippen molar-refractivity contribution in [2.75, 3.05) is 5.75 Å². The lowest BCUT2D eigenvalue weighted by molar-refractivity contribution is -0.116. The van der Waals surface area contributed by atoms with Crippen LogP contribution in [0.2, 0.25) is 0 Å². The van der Waals surface area contributed by atoms with Gasteiger partial charge in [-0.2, -0.15) is 0 Å². The molecule has 0 fully saturated rings. The number of thioether (sulfide) groups is 1. The Morgan fingerprint density at radius 1 is 1.32 bits per heavy atom. The molecule has 2 aliphatic rings. The first-order valence-electron chi connectivity index (χ1n) is 7.73. The highest BCUT2D eigenvalue weighted by atomic mass is 32.2. The molecular weight excluding hydrogens is 296 g/mol. The molecule has 0 spiro atoms. The topological polar surface area (TPSA) is 57.1 Å². The molecule has 1 atom stereocenters. The van der Waals surface area contributed by atoms with Crippen molar-refractivity contribution >= 4 is 28.5 Å². The van der Waals surface area contributed by atoms with E-state index >= 15 is 0 Å². The number of nitrogens with zero attached hydrogens (tertiary/aromatic N) is 3. The standard InChI is InChI=1S/C16H20N4OS/c1-3-5-10-22-16-18-15(21)14-11-8-6-7-9-12(11)17-13(4-2)20(14)19-16/h6-9,13H,3-5,10H2,1-2H3,(H,18,19,21)/t13-/m1/s1. The van der Waals surface area contributed by atoms with Gasteiger partial charge in [0.2, 0.25) is 0 Å². The predicted molar refractivity (Wildman–Crippen MR) is 89.5 cm³/mol. The van der Waals surface area contributed by atoms with Gasteiger partial charge in [-0.05, 0) is 18.9 Å². The van der Waals surface area contributed by atoms with Gasteiger partial charge in [0.1, 0.15) is 11.9 Å². The molecule has 2 heterocycles. The van der Waals surface area contributed by atoms with Crippen LogP contribution in [0.15, 0.2) is 34.4 Å². The minimum absolute atomic E-state index is 0.0881. The number of rotatable bonds is 4. The van der Waals surface area contributed by atoms with Crippen LogP contribution in [0.25, 0.3) is 5.70 Å². The van der Waals surface area contributed by atoms with E-state index in [0.717, 1.165) is 35.6 Å². The molecule has 1 amide bonds. The van der Waals surface area contributed by atoms with Crippen molar-refractivity contribution in [3.63, 3.8) is 0 Å². The van der Waals surface area contributed by atoms with Gasteiger partial charge in [0.05, 0.1) is 5.36 Å². The summed E-state index contributed by atoms with van der Waals surface area (Å²) in [4.78, 5) is 17.3. The van der Waals surface area contributed by atoms with Gasteiger partial charge < -0.3 is 0 Å². The fourth-order valence-electron chi connectivity index (χ4n) is 2.54. The molecule has 0 aromatic heterocycles. The lowest BCUT2D eigenvalue weighted by atomic mass is 10.1. The average Bonchev–Trinajstić information content (AvgIpc) is 2.54. The number of fused-ring (bicyclic) bond motifs is 2. The molecule has 0 aliphatic carbocycles. The molecule has 1 aromatic rings. The third-order valence-corrected chi connectivity index (χ3v) is 4.64. The Morgan fingerprint density at radius 2 is 2.14 bits per heavy atom. The van der Waals surface area contributed by atoms with E-state index in [2.05, 4.69) is 24.3 Å². The zero-order chi connectivity index (χ0) is 15.5. The van der Waals surface area contributed by atoms with E-state index < -0.39 is 0 Å². The maximum atomic E-state index is 12.6. The zero-order valence-corrected chi connectivity index (χ0v) is 13.7. The first-order valence-corrected chi connectivity index (χ1v) is 8.72. The number of hydrogen-bond donors (Lipinski definition) is 1. The van der Waals surface area contributed by atoms with Crippen molar-refractivity contribution in [1.29, 1.82) is 0 Å². The zero-order valence-electron chi connectivity index (χ0n) is 12.9. The molecule has 0 radical (unpaired) electrons. The number of nitrogens with one attached hydrogen (secondary N) is 1. The highest BCUT2D eigenvalue weighted by Gasteiger charge is 2.32. The van der Waals surface area contributed by atoms with Crippen molar-refractivity contribution < 1.29 is 4.79 Å². The Kier molecular flexibility index (Phi) is 4.47. The molecule has 0 unspecified atom stereocenters. The smallest absolute Gasteiger partial charge is 0.276 e. The number of para-hydroxylation sites is 1. The first kappa shape index (κ1) is 15.1. The summed E-state index contributed by atoms with van der Waals surface area (Å²) >= 11 is 1.60. The van der Waals surface area contributed by atoms with Crippen LogP contribution in [0.4, 0.5) is 0 Å². The molecule has 0 saturated heterocycles. The van der Waals surface area contributed by atoms with Crippen molar-refractivity contribution in [1.82, 2.24) is 10.3 Å². The minimum Gasteiger partial charge on any atom is -0.298 e. The van der Waals surface area contributed by atoms with E-state index in [0.29, 0.717) is 10.9 Å². The summed E-state index contributed by atoms with van der Waals surface area (Å²) < 4.78 is 0. The van der Waals surface area contributed by atoms with Crippen LogP contribution in [-0.4, -0.2) is 28.0 Å². The Morgan fingerprint density at radius 3 is 2.91 bits per heavy atom. The van der Waals surface area contributed by atoms with Gasteiger partial charge in [-0.1, -0.05) is 50.2 Å². The van der Waals surface area contributed by atoms with Crippen LogP contribution in [0.5, 0.6) is 0 Å². The Hall–Kier alpha value is -1.82. The van der Waals surface area contributed by atoms with Crippen LogP contribution in [-0.2, 0) is 4.79 Å². The van der Waals surface area contributed by atoms with Crippen molar-refractivity contribution in [3.8, 4) is 0 Å². The molecule has 6 heteroatoms. The summed E-state index contributed by atoms with van der Waals surface area (Å²) in [5.74, 6) is 0.873. The summed E-state index contributed by atoms with van der Waals surface area (Å²) in [6, 6.07) is 7.75. The van der Waals surface area contributed by atoms with Crippen molar-refractivity contribution in [2.45, 2.75) is 39.3 Å². The summed E-state index contributed by atoms with van der Waals surface area (Å²) in [6.07, 6.45) is 2.94. The maximum absolute atomic E-state index is 12.6. The van der Waals surface area contributed by atoms with Gasteiger partial charge in [-0.25, -0.2) is 5.01 Å². The van der Waals surface area contributed by atoms with E-state index in [1.165, 1.54) is 0 Å². The highest BCUT2D eigenvalue weighted by molar-refractivity contribution is 8.13. The fraction of sp³-hybridized carbons (Fsp3) is 0.438. The number of hydrazone groups is 1. The summed E-state index contributed by atoms with van der Waals surface area (Å²) in [5.41, 5.74) is 0.609. The number of amidine groups is 1. The SMILES string of the molecule is CCCCSC1=NN2C(=c3ccccc3=N[C@H]2CC)C(=O)N1.